The third-order valence-electron chi connectivity index (χ3n) is 3.58. The summed E-state index contributed by atoms with van der Waals surface area (Å²) in [5, 5.41) is 3.33. The second kappa shape index (κ2) is 5.83. The van der Waals surface area contributed by atoms with E-state index in [0.29, 0.717) is 6.10 Å². The summed E-state index contributed by atoms with van der Waals surface area (Å²) >= 11 is 0. The molecule has 0 amide bonds. The van der Waals surface area contributed by atoms with Gasteiger partial charge in [-0.3, -0.25) is 0 Å². The number of ether oxygens (including phenoxy) is 1. The molecule has 3 nitrogen and oxygen atoms in total. The number of nitrogens with zero attached hydrogens (tertiary/aromatic N) is 1. The minimum Gasteiger partial charge on any atom is -0.377 e. The summed E-state index contributed by atoms with van der Waals surface area (Å²) in [7, 11) is 0. The molecule has 2 fully saturated rings. The highest BCUT2D eigenvalue weighted by Crippen LogP contribution is 2.15. The molecule has 1 N–H and O–H groups in total. The lowest BCUT2D eigenvalue weighted by Gasteiger charge is -2.35. The van der Waals surface area contributed by atoms with Crippen LogP contribution in [0.3, 0.4) is 0 Å². The fourth-order valence-corrected chi connectivity index (χ4v) is 2.51. The molecular weight excluding hydrogens is 188 g/mol. The first-order valence-corrected chi connectivity index (χ1v) is 6.43. The van der Waals surface area contributed by atoms with Crippen molar-refractivity contribution in [3.05, 3.63) is 0 Å². The minimum absolute atomic E-state index is 0.503. The molecule has 0 spiro atoms. The maximum Gasteiger partial charge on any atom is 0.0702 e. The van der Waals surface area contributed by atoms with Gasteiger partial charge in [-0.2, -0.15) is 0 Å². The molecule has 88 valence electrons. The molecule has 0 aromatic carbocycles. The summed E-state index contributed by atoms with van der Waals surface area (Å²) in [5.74, 6) is 0.942. The van der Waals surface area contributed by atoms with Crippen LogP contribution in [-0.4, -0.2) is 50.3 Å². The van der Waals surface area contributed by atoms with E-state index in [0.717, 1.165) is 19.1 Å². The number of piperidine rings is 1. The Labute approximate surface area is 93.2 Å². The third kappa shape index (κ3) is 3.44. The van der Waals surface area contributed by atoms with Gasteiger partial charge in [0.15, 0.2) is 0 Å². The molecule has 2 heterocycles. The molecule has 2 aliphatic rings. The molecule has 2 saturated heterocycles. The first kappa shape index (κ1) is 11.4. The van der Waals surface area contributed by atoms with Crippen LogP contribution < -0.4 is 5.32 Å². The van der Waals surface area contributed by atoms with E-state index >= 15 is 0 Å². The topological polar surface area (TPSA) is 24.5 Å². The molecule has 0 aromatic rings. The highest BCUT2D eigenvalue weighted by molar-refractivity contribution is 4.78. The van der Waals surface area contributed by atoms with Gasteiger partial charge in [-0.1, -0.05) is 0 Å². The van der Waals surface area contributed by atoms with Gasteiger partial charge in [0.2, 0.25) is 0 Å². The van der Waals surface area contributed by atoms with Crippen molar-refractivity contribution < 1.29 is 4.74 Å². The highest BCUT2D eigenvalue weighted by Gasteiger charge is 2.22. The summed E-state index contributed by atoms with van der Waals surface area (Å²) in [6.07, 6.45) is 4.44. The monoisotopic (exact) mass is 212 g/mol. The van der Waals surface area contributed by atoms with Gasteiger partial charge in [0.25, 0.3) is 0 Å². The molecule has 3 heteroatoms. The van der Waals surface area contributed by atoms with Gasteiger partial charge < -0.3 is 15.0 Å². The van der Waals surface area contributed by atoms with Crippen LogP contribution >= 0.6 is 0 Å². The second-order valence-corrected chi connectivity index (χ2v) is 4.83. The van der Waals surface area contributed by atoms with Gasteiger partial charge in [0, 0.05) is 13.2 Å². The van der Waals surface area contributed by atoms with Crippen LogP contribution in [0.5, 0.6) is 0 Å². The van der Waals surface area contributed by atoms with Crippen molar-refractivity contribution in [1.82, 2.24) is 10.2 Å². The van der Waals surface area contributed by atoms with Gasteiger partial charge in [0.1, 0.15) is 0 Å². The minimum atomic E-state index is 0.503. The Morgan fingerprint density at radius 1 is 1.40 bits per heavy atom. The molecule has 0 saturated carbocycles. The average molecular weight is 212 g/mol. The first-order chi connectivity index (χ1) is 7.38. The fraction of sp³-hybridized carbons (Fsp3) is 1.00. The van der Waals surface area contributed by atoms with Crippen LogP contribution in [0.25, 0.3) is 0 Å². The van der Waals surface area contributed by atoms with E-state index in [1.807, 2.05) is 0 Å². The lowest BCUT2D eigenvalue weighted by molar-refractivity contribution is 0.00405. The quantitative estimate of drug-likeness (QED) is 0.738. The molecular formula is C12H24N2O. The number of likely N-dealkylation sites (tertiary alicyclic amines) is 1. The fourth-order valence-electron chi connectivity index (χ4n) is 2.51. The van der Waals surface area contributed by atoms with Gasteiger partial charge in [-0.05, 0) is 58.3 Å². The Hall–Kier alpha value is -0.120. The Morgan fingerprint density at radius 2 is 2.27 bits per heavy atom. The Balaban J connectivity index is 1.63. The number of nitrogens with one attached hydrogen (secondary N) is 1. The van der Waals surface area contributed by atoms with Crippen molar-refractivity contribution in [3.8, 4) is 0 Å². The number of hydrogen-bond acceptors (Lipinski definition) is 3. The highest BCUT2D eigenvalue weighted by atomic mass is 16.5. The van der Waals surface area contributed by atoms with E-state index in [2.05, 4.69) is 17.1 Å². The van der Waals surface area contributed by atoms with E-state index in [1.54, 1.807) is 0 Å². The summed E-state index contributed by atoms with van der Waals surface area (Å²) in [6.45, 7) is 9.16. The van der Waals surface area contributed by atoms with Gasteiger partial charge in [-0.15, -0.1) is 0 Å². The molecule has 2 aliphatic heterocycles. The Bertz CT molecular complexity index is 180. The summed E-state index contributed by atoms with van der Waals surface area (Å²) in [5.41, 5.74) is 0. The predicted molar refractivity (Wildman–Crippen MR) is 62.1 cm³/mol. The van der Waals surface area contributed by atoms with E-state index < -0.39 is 0 Å². The second-order valence-electron chi connectivity index (χ2n) is 4.83. The zero-order valence-corrected chi connectivity index (χ0v) is 9.87. The van der Waals surface area contributed by atoms with Gasteiger partial charge in [0.05, 0.1) is 6.10 Å². The van der Waals surface area contributed by atoms with Crippen molar-refractivity contribution in [2.24, 2.45) is 5.92 Å². The smallest absolute Gasteiger partial charge is 0.0702 e. The molecule has 2 rings (SSSR count). The van der Waals surface area contributed by atoms with E-state index in [9.17, 15) is 0 Å². The van der Waals surface area contributed by atoms with Crippen molar-refractivity contribution in [3.63, 3.8) is 0 Å². The summed E-state index contributed by atoms with van der Waals surface area (Å²) < 4.78 is 5.71. The molecule has 0 aliphatic carbocycles. The van der Waals surface area contributed by atoms with Crippen LogP contribution in [-0.2, 0) is 4.74 Å². The van der Waals surface area contributed by atoms with Gasteiger partial charge >= 0.3 is 0 Å². The zero-order valence-electron chi connectivity index (χ0n) is 9.87. The van der Waals surface area contributed by atoms with Crippen molar-refractivity contribution >= 4 is 0 Å². The standard InChI is InChI=1S/C12H24N2O/c1-2-15-12-4-3-6-14(10-12)7-5-11-8-13-9-11/h11-13H,2-10H2,1H3. The maximum atomic E-state index is 5.71. The van der Waals surface area contributed by atoms with Crippen molar-refractivity contribution in [2.75, 3.05) is 39.3 Å². The maximum absolute atomic E-state index is 5.71. The molecule has 0 bridgehead atoms. The molecule has 1 unspecified atom stereocenters. The first-order valence-electron chi connectivity index (χ1n) is 6.43. The molecule has 15 heavy (non-hydrogen) atoms. The van der Waals surface area contributed by atoms with Crippen LogP contribution in [0.15, 0.2) is 0 Å². The predicted octanol–water partition coefficient (Wildman–Crippen LogP) is 1.10. The Morgan fingerprint density at radius 3 is 2.93 bits per heavy atom. The molecule has 0 aromatic heterocycles. The van der Waals surface area contributed by atoms with E-state index in [1.165, 1.54) is 45.4 Å². The molecule has 0 radical (unpaired) electrons. The van der Waals surface area contributed by atoms with Crippen LogP contribution in [0.2, 0.25) is 0 Å². The summed E-state index contributed by atoms with van der Waals surface area (Å²) in [6, 6.07) is 0. The van der Waals surface area contributed by atoms with Crippen molar-refractivity contribution in [1.29, 1.82) is 0 Å². The van der Waals surface area contributed by atoms with Gasteiger partial charge in [-0.25, -0.2) is 0 Å². The normalized spacial score (nSPS) is 29.0. The van der Waals surface area contributed by atoms with Crippen molar-refractivity contribution in [2.45, 2.75) is 32.3 Å². The lowest BCUT2D eigenvalue weighted by atomic mass is 9.98. The van der Waals surface area contributed by atoms with Crippen LogP contribution in [0, 0.1) is 5.92 Å². The van der Waals surface area contributed by atoms with Crippen LogP contribution in [0.4, 0.5) is 0 Å². The third-order valence-corrected chi connectivity index (χ3v) is 3.58. The van der Waals surface area contributed by atoms with Crippen LogP contribution in [0.1, 0.15) is 26.2 Å². The number of hydrogen-bond donors (Lipinski definition) is 1. The lowest BCUT2D eigenvalue weighted by Crippen LogP contribution is -2.45. The number of rotatable bonds is 5. The molecule has 1 atom stereocenters. The SMILES string of the molecule is CCOC1CCCN(CCC2CNC2)C1. The largest absolute Gasteiger partial charge is 0.377 e. The summed E-state index contributed by atoms with van der Waals surface area (Å²) in [4.78, 5) is 2.59. The van der Waals surface area contributed by atoms with E-state index in [-0.39, 0.29) is 0 Å². The zero-order chi connectivity index (χ0) is 10.5. The Kier molecular flexibility index (Phi) is 4.42. The van der Waals surface area contributed by atoms with E-state index in [4.69, 9.17) is 4.74 Å². The average Bonchev–Trinajstić information content (AvgIpc) is 2.16.